The molecule has 2 amide bonds. The molecule has 0 aliphatic carbocycles. The molecule has 2 heterocycles. The number of aliphatic hydroxyl groups excluding tert-OH is 1. The third kappa shape index (κ3) is 6.61. The molecule has 3 atom stereocenters. The number of hydrogen-bond donors (Lipinski definition) is 1. The Hall–Kier alpha value is -3.44. The smallest absolute Gasteiger partial charge is 0.259 e. The normalized spacial score (nSPS) is 18.3. The molecule has 1 N–H and O–H groups in total. The Morgan fingerprint density at radius 3 is 2.75 bits per heavy atom. The molecule has 0 fully saturated rings. The molecule has 0 radical (unpaired) electrons. The van der Waals surface area contributed by atoms with Crippen LogP contribution in [0.5, 0.6) is 5.88 Å². The summed E-state index contributed by atoms with van der Waals surface area (Å²) < 4.78 is 19.9. The van der Waals surface area contributed by atoms with Crippen LogP contribution in [-0.4, -0.2) is 70.6 Å². The van der Waals surface area contributed by atoms with Crippen molar-refractivity contribution in [2.45, 2.75) is 46.3 Å². The van der Waals surface area contributed by atoms with Crippen molar-refractivity contribution >= 4 is 11.8 Å². The van der Waals surface area contributed by atoms with Gasteiger partial charge >= 0.3 is 0 Å². The maximum Gasteiger partial charge on any atom is 0.259 e. The van der Waals surface area contributed by atoms with Gasteiger partial charge in [-0.15, -0.1) is 0 Å². The van der Waals surface area contributed by atoms with E-state index in [-0.39, 0.29) is 47.9 Å². The molecule has 0 unspecified atom stereocenters. The van der Waals surface area contributed by atoms with E-state index in [9.17, 15) is 19.1 Å². The fraction of sp³-hybridized carbons (Fsp3) is 0.464. The van der Waals surface area contributed by atoms with Crippen LogP contribution in [0, 0.1) is 29.5 Å². The maximum absolute atomic E-state index is 13.6. The third-order valence-electron chi connectivity index (χ3n) is 6.14. The minimum atomic E-state index is -0.502. The van der Waals surface area contributed by atoms with Crippen molar-refractivity contribution in [3.05, 3.63) is 59.0 Å². The monoisotopic (exact) mass is 495 g/mol. The number of ether oxygens (including phenoxy) is 1. The molecule has 0 saturated heterocycles. The number of amides is 2. The summed E-state index contributed by atoms with van der Waals surface area (Å²) in [5.74, 6) is 5.44. The molecular weight excluding hydrogens is 461 g/mol. The highest BCUT2D eigenvalue weighted by atomic mass is 19.1. The van der Waals surface area contributed by atoms with E-state index in [1.807, 2.05) is 6.92 Å². The Kier molecular flexibility index (Phi) is 9.05. The highest BCUT2D eigenvalue weighted by Gasteiger charge is 2.34. The molecule has 0 bridgehead atoms. The summed E-state index contributed by atoms with van der Waals surface area (Å²) in [5.41, 5.74) is 1.11. The lowest BCUT2D eigenvalue weighted by atomic mass is 9.99. The second-order valence-corrected chi connectivity index (χ2v) is 9.80. The SMILES string of the molecule is CC(C)CC#Cc1cnc2c(c1)C(=O)N([C@H](C)CO)C[C@H](C)[C@@H](CN(C)C(=O)c1cccc(F)c1)O2. The molecule has 1 aliphatic heterocycles. The number of aliphatic hydroxyl groups is 1. The molecule has 36 heavy (non-hydrogen) atoms. The van der Waals surface area contributed by atoms with Gasteiger partial charge in [-0.05, 0) is 37.1 Å². The van der Waals surface area contributed by atoms with Crippen molar-refractivity contribution in [3.63, 3.8) is 0 Å². The fourth-order valence-electron chi connectivity index (χ4n) is 3.94. The van der Waals surface area contributed by atoms with Gasteiger partial charge in [-0.2, -0.15) is 0 Å². The molecule has 2 aromatic rings. The van der Waals surface area contributed by atoms with Crippen LogP contribution in [0.4, 0.5) is 4.39 Å². The molecule has 192 valence electrons. The average molecular weight is 496 g/mol. The summed E-state index contributed by atoms with van der Waals surface area (Å²) in [4.78, 5) is 33.9. The minimum Gasteiger partial charge on any atom is -0.472 e. The zero-order chi connectivity index (χ0) is 26.4. The van der Waals surface area contributed by atoms with Crippen molar-refractivity contribution in [2.75, 3.05) is 26.7 Å². The van der Waals surface area contributed by atoms with Gasteiger partial charge in [0.1, 0.15) is 17.5 Å². The first-order valence-electron chi connectivity index (χ1n) is 12.2. The number of halogens is 1. The third-order valence-corrected chi connectivity index (χ3v) is 6.14. The van der Waals surface area contributed by atoms with E-state index in [1.54, 1.807) is 37.2 Å². The molecular formula is C28H34FN3O4. The minimum absolute atomic E-state index is 0.160. The number of likely N-dealkylation sites (N-methyl/N-ethyl adjacent to an activating group) is 1. The Morgan fingerprint density at radius 2 is 2.08 bits per heavy atom. The Balaban J connectivity index is 1.93. The molecule has 1 aromatic heterocycles. The number of pyridine rings is 1. The van der Waals surface area contributed by atoms with Crippen molar-refractivity contribution in [1.82, 2.24) is 14.8 Å². The number of nitrogens with zero attached hydrogens (tertiary/aromatic N) is 3. The number of fused-ring (bicyclic) bond motifs is 1. The predicted octanol–water partition coefficient (Wildman–Crippen LogP) is 3.61. The summed E-state index contributed by atoms with van der Waals surface area (Å²) >= 11 is 0. The first kappa shape index (κ1) is 27.2. The molecule has 1 aliphatic rings. The number of benzene rings is 1. The van der Waals surface area contributed by atoms with E-state index in [2.05, 4.69) is 30.7 Å². The van der Waals surface area contributed by atoms with Gasteiger partial charge in [-0.25, -0.2) is 9.37 Å². The predicted molar refractivity (Wildman–Crippen MR) is 135 cm³/mol. The molecule has 3 rings (SSSR count). The van der Waals surface area contributed by atoms with Crippen LogP contribution in [-0.2, 0) is 0 Å². The van der Waals surface area contributed by atoms with Gasteiger partial charge in [-0.3, -0.25) is 9.59 Å². The molecule has 0 saturated carbocycles. The zero-order valence-corrected chi connectivity index (χ0v) is 21.5. The lowest BCUT2D eigenvalue weighted by molar-refractivity contribution is 0.0313. The van der Waals surface area contributed by atoms with E-state index in [0.717, 1.165) is 6.42 Å². The van der Waals surface area contributed by atoms with Crippen LogP contribution < -0.4 is 4.74 Å². The Bertz CT molecular complexity index is 1160. The van der Waals surface area contributed by atoms with E-state index in [4.69, 9.17) is 4.74 Å². The summed E-state index contributed by atoms with van der Waals surface area (Å²) in [6.07, 6.45) is 1.79. The van der Waals surface area contributed by atoms with Gasteiger partial charge in [-0.1, -0.05) is 38.7 Å². The number of rotatable bonds is 6. The van der Waals surface area contributed by atoms with Gasteiger partial charge in [0.05, 0.1) is 19.2 Å². The lowest BCUT2D eigenvalue weighted by Crippen LogP contribution is -2.50. The molecule has 8 heteroatoms. The van der Waals surface area contributed by atoms with Gasteiger partial charge in [0.15, 0.2) is 0 Å². The van der Waals surface area contributed by atoms with Gasteiger partial charge in [0.2, 0.25) is 5.88 Å². The Morgan fingerprint density at radius 1 is 1.33 bits per heavy atom. The van der Waals surface area contributed by atoms with Crippen molar-refractivity contribution in [2.24, 2.45) is 11.8 Å². The van der Waals surface area contributed by atoms with E-state index in [0.29, 0.717) is 18.0 Å². The highest BCUT2D eigenvalue weighted by molar-refractivity contribution is 5.97. The maximum atomic E-state index is 13.6. The van der Waals surface area contributed by atoms with Gasteiger partial charge < -0.3 is 19.6 Å². The van der Waals surface area contributed by atoms with Gasteiger partial charge in [0, 0.05) is 43.3 Å². The van der Waals surface area contributed by atoms with Crippen LogP contribution in [0.25, 0.3) is 0 Å². The number of carbonyl (C=O) groups excluding carboxylic acids is 2. The zero-order valence-electron chi connectivity index (χ0n) is 21.5. The second-order valence-electron chi connectivity index (χ2n) is 9.80. The van der Waals surface area contributed by atoms with Crippen molar-refractivity contribution < 1.29 is 23.8 Å². The van der Waals surface area contributed by atoms with E-state index < -0.39 is 18.0 Å². The number of aromatic nitrogens is 1. The first-order chi connectivity index (χ1) is 17.1. The van der Waals surface area contributed by atoms with Crippen LogP contribution in [0.2, 0.25) is 0 Å². The number of hydrogen-bond acceptors (Lipinski definition) is 5. The van der Waals surface area contributed by atoms with Crippen LogP contribution in [0.15, 0.2) is 36.5 Å². The second kappa shape index (κ2) is 12.0. The quantitative estimate of drug-likeness (QED) is 0.619. The largest absolute Gasteiger partial charge is 0.472 e. The standard InChI is InChI=1S/C28H34FN3O4/c1-18(2)8-6-9-21-12-24-26(30-14-21)36-25(19(3)15-32(28(24)35)20(4)17-33)16-31(5)27(34)22-10-7-11-23(29)13-22/h7,10-14,18-20,25,33H,8,15-17H2,1-5H3/t19-,20+,25+/m0/s1. The molecule has 0 spiro atoms. The van der Waals surface area contributed by atoms with Crippen LogP contribution >= 0.6 is 0 Å². The van der Waals surface area contributed by atoms with E-state index in [1.165, 1.54) is 23.1 Å². The molecule has 1 aromatic carbocycles. The average Bonchev–Trinajstić information content (AvgIpc) is 2.85. The Labute approximate surface area is 212 Å². The summed E-state index contributed by atoms with van der Waals surface area (Å²) in [6.45, 7) is 8.18. The lowest BCUT2D eigenvalue weighted by Gasteiger charge is -2.37. The summed E-state index contributed by atoms with van der Waals surface area (Å²) in [7, 11) is 1.63. The van der Waals surface area contributed by atoms with Crippen molar-refractivity contribution in [1.29, 1.82) is 0 Å². The summed E-state index contributed by atoms with van der Waals surface area (Å²) in [6, 6.07) is 6.79. The molecule has 7 nitrogen and oxygen atoms in total. The topological polar surface area (TPSA) is 83.0 Å². The van der Waals surface area contributed by atoms with Crippen molar-refractivity contribution in [3.8, 4) is 17.7 Å². The first-order valence-corrected chi connectivity index (χ1v) is 12.2. The van der Waals surface area contributed by atoms with Gasteiger partial charge in [0.25, 0.3) is 11.8 Å². The van der Waals surface area contributed by atoms with E-state index >= 15 is 0 Å². The highest BCUT2D eigenvalue weighted by Crippen LogP contribution is 2.27. The van der Waals surface area contributed by atoms with Crippen LogP contribution in [0.1, 0.15) is 60.4 Å². The summed E-state index contributed by atoms with van der Waals surface area (Å²) in [5, 5.41) is 9.81. The van der Waals surface area contributed by atoms with Crippen LogP contribution in [0.3, 0.4) is 0 Å². The number of carbonyl (C=O) groups is 2. The fourth-order valence-corrected chi connectivity index (χ4v) is 3.94.